The molecule has 1 aromatic carbocycles. The van der Waals surface area contributed by atoms with Crippen molar-refractivity contribution in [1.82, 2.24) is 5.32 Å². The summed E-state index contributed by atoms with van der Waals surface area (Å²) in [7, 11) is 0. The van der Waals surface area contributed by atoms with Crippen molar-refractivity contribution in [2.45, 2.75) is 39.7 Å². The Hall–Kier alpha value is -1.62. The summed E-state index contributed by atoms with van der Waals surface area (Å²) in [6.07, 6.45) is 0.468. The van der Waals surface area contributed by atoms with E-state index < -0.39 is 5.54 Å². The summed E-state index contributed by atoms with van der Waals surface area (Å²) >= 11 is 0. The predicted molar refractivity (Wildman–Crippen MR) is 80.0 cm³/mol. The van der Waals surface area contributed by atoms with E-state index in [1.807, 2.05) is 6.92 Å². The molecule has 21 heavy (non-hydrogen) atoms. The van der Waals surface area contributed by atoms with E-state index in [4.69, 9.17) is 9.47 Å². The molecule has 0 aliphatic rings. The van der Waals surface area contributed by atoms with Crippen molar-refractivity contribution >= 4 is 5.97 Å². The fourth-order valence-corrected chi connectivity index (χ4v) is 2.02. The first-order chi connectivity index (χ1) is 9.92. The van der Waals surface area contributed by atoms with Gasteiger partial charge in [-0.05, 0) is 51.1 Å². The molecule has 0 saturated carbocycles. The molecule has 0 radical (unpaired) electrons. The van der Waals surface area contributed by atoms with Crippen molar-refractivity contribution < 1.29 is 18.7 Å². The lowest BCUT2D eigenvalue weighted by atomic mass is 9.98. The predicted octanol–water partition coefficient (Wildman–Crippen LogP) is 2.83. The van der Waals surface area contributed by atoms with E-state index in [-0.39, 0.29) is 11.8 Å². The maximum Gasteiger partial charge on any atom is 0.326 e. The van der Waals surface area contributed by atoms with Gasteiger partial charge in [-0.2, -0.15) is 0 Å². The SMILES string of the molecule is CCNC(C)(CCOc1ccc(F)c(C)c1)C(=O)OCC. The highest BCUT2D eigenvalue weighted by atomic mass is 19.1. The zero-order valence-corrected chi connectivity index (χ0v) is 13.2. The number of ether oxygens (including phenoxy) is 2. The maximum absolute atomic E-state index is 13.2. The number of hydrogen-bond acceptors (Lipinski definition) is 4. The van der Waals surface area contributed by atoms with Gasteiger partial charge in [-0.3, -0.25) is 4.79 Å². The van der Waals surface area contributed by atoms with Crippen molar-refractivity contribution in [3.8, 4) is 5.75 Å². The molecular weight excluding hydrogens is 273 g/mol. The summed E-state index contributed by atoms with van der Waals surface area (Å²) in [5, 5.41) is 3.14. The van der Waals surface area contributed by atoms with Crippen LogP contribution in [0.5, 0.6) is 5.75 Å². The number of benzene rings is 1. The number of hydrogen-bond donors (Lipinski definition) is 1. The van der Waals surface area contributed by atoms with E-state index in [1.54, 1.807) is 32.9 Å². The van der Waals surface area contributed by atoms with Gasteiger partial charge in [0.25, 0.3) is 0 Å². The van der Waals surface area contributed by atoms with E-state index in [0.29, 0.717) is 37.5 Å². The monoisotopic (exact) mass is 297 g/mol. The lowest BCUT2D eigenvalue weighted by Crippen LogP contribution is -2.51. The minimum Gasteiger partial charge on any atom is -0.493 e. The van der Waals surface area contributed by atoms with Gasteiger partial charge < -0.3 is 14.8 Å². The molecule has 0 aliphatic carbocycles. The van der Waals surface area contributed by atoms with E-state index in [0.717, 1.165) is 0 Å². The Morgan fingerprint density at radius 2 is 2.10 bits per heavy atom. The third-order valence-corrected chi connectivity index (χ3v) is 3.29. The van der Waals surface area contributed by atoms with Gasteiger partial charge in [0.15, 0.2) is 0 Å². The molecule has 0 amide bonds. The lowest BCUT2D eigenvalue weighted by Gasteiger charge is -2.28. The van der Waals surface area contributed by atoms with Crippen LogP contribution in [0.4, 0.5) is 4.39 Å². The number of carbonyl (C=O) groups is 1. The molecule has 5 heteroatoms. The van der Waals surface area contributed by atoms with Crippen LogP contribution in [0.2, 0.25) is 0 Å². The molecule has 0 bridgehead atoms. The molecular formula is C16H24FNO3. The number of aryl methyl sites for hydroxylation is 1. The van der Waals surface area contributed by atoms with Gasteiger partial charge in [-0.25, -0.2) is 4.39 Å². The minimum absolute atomic E-state index is 0.258. The molecule has 0 saturated heterocycles. The summed E-state index contributed by atoms with van der Waals surface area (Å²) in [5.41, 5.74) is -0.243. The first-order valence-electron chi connectivity index (χ1n) is 7.24. The molecule has 0 heterocycles. The molecule has 1 rings (SSSR count). The summed E-state index contributed by atoms with van der Waals surface area (Å²) in [6.45, 7) is 8.54. The van der Waals surface area contributed by atoms with Crippen LogP contribution in [0.25, 0.3) is 0 Å². The summed E-state index contributed by atoms with van der Waals surface area (Å²) in [5.74, 6) is 0.0497. The second-order valence-corrected chi connectivity index (χ2v) is 5.09. The van der Waals surface area contributed by atoms with Gasteiger partial charge in [-0.15, -0.1) is 0 Å². The fourth-order valence-electron chi connectivity index (χ4n) is 2.02. The molecule has 0 aromatic heterocycles. The van der Waals surface area contributed by atoms with Crippen LogP contribution in [0.1, 0.15) is 32.8 Å². The zero-order chi connectivity index (χ0) is 15.9. The summed E-state index contributed by atoms with van der Waals surface area (Å²) in [4.78, 5) is 12.0. The van der Waals surface area contributed by atoms with Crippen molar-refractivity contribution in [1.29, 1.82) is 0 Å². The Balaban J connectivity index is 2.60. The Bertz CT molecular complexity index is 479. The molecule has 0 fully saturated rings. The third kappa shape index (κ3) is 5.01. The van der Waals surface area contributed by atoms with Gasteiger partial charge in [0.2, 0.25) is 0 Å². The van der Waals surface area contributed by atoms with Crippen LogP contribution in [0, 0.1) is 12.7 Å². The Morgan fingerprint density at radius 3 is 2.67 bits per heavy atom. The van der Waals surface area contributed by atoms with E-state index in [1.165, 1.54) is 6.07 Å². The van der Waals surface area contributed by atoms with E-state index in [9.17, 15) is 9.18 Å². The highest BCUT2D eigenvalue weighted by molar-refractivity contribution is 5.80. The summed E-state index contributed by atoms with van der Waals surface area (Å²) < 4.78 is 23.9. The van der Waals surface area contributed by atoms with Gasteiger partial charge in [0.1, 0.15) is 17.1 Å². The first-order valence-corrected chi connectivity index (χ1v) is 7.24. The average Bonchev–Trinajstić information content (AvgIpc) is 2.43. The molecule has 1 aromatic rings. The molecule has 118 valence electrons. The fraction of sp³-hybridized carbons (Fsp3) is 0.562. The number of rotatable bonds is 8. The lowest BCUT2D eigenvalue weighted by molar-refractivity contribution is -0.151. The Morgan fingerprint density at radius 1 is 1.38 bits per heavy atom. The number of carbonyl (C=O) groups excluding carboxylic acids is 1. The van der Waals surface area contributed by atoms with Crippen LogP contribution < -0.4 is 10.1 Å². The van der Waals surface area contributed by atoms with Gasteiger partial charge in [0.05, 0.1) is 13.2 Å². The highest BCUT2D eigenvalue weighted by Crippen LogP contribution is 2.18. The van der Waals surface area contributed by atoms with Crippen molar-refractivity contribution in [3.63, 3.8) is 0 Å². The van der Waals surface area contributed by atoms with E-state index >= 15 is 0 Å². The minimum atomic E-state index is -0.778. The van der Waals surface area contributed by atoms with Gasteiger partial charge in [0, 0.05) is 6.42 Å². The molecule has 0 spiro atoms. The Labute approximate surface area is 125 Å². The second-order valence-electron chi connectivity index (χ2n) is 5.09. The van der Waals surface area contributed by atoms with Crippen LogP contribution in [-0.2, 0) is 9.53 Å². The second kappa shape index (κ2) is 7.98. The topological polar surface area (TPSA) is 47.6 Å². The average molecular weight is 297 g/mol. The number of halogens is 1. The normalized spacial score (nSPS) is 13.6. The first kappa shape index (κ1) is 17.4. The molecule has 1 unspecified atom stereocenters. The van der Waals surface area contributed by atoms with Crippen LogP contribution in [0.15, 0.2) is 18.2 Å². The van der Waals surface area contributed by atoms with E-state index in [2.05, 4.69) is 5.32 Å². The standard InChI is InChI=1S/C16H24FNO3/c1-5-18-16(4,15(19)20-6-2)9-10-21-13-7-8-14(17)12(3)11-13/h7-8,11,18H,5-6,9-10H2,1-4H3. The molecule has 1 N–H and O–H groups in total. The smallest absolute Gasteiger partial charge is 0.326 e. The number of nitrogens with one attached hydrogen (secondary N) is 1. The van der Waals surface area contributed by atoms with Crippen LogP contribution in [0.3, 0.4) is 0 Å². The zero-order valence-electron chi connectivity index (χ0n) is 13.2. The molecule has 1 atom stereocenters. The van der Waals surface area contributed by atoms with Crippen molar-refractivity contribution in [2.24, 2.45) is 0 Å². The van der Waals surface area contributed by atoms with Gasteiger partial charge in [-0.1, -0.05) is 6.92 Å². The van der Waals surface area contributed by atoms with Gasteiger partial charge >= 0.3 is 5.97 Å². The Kier molecular flexibility index (Phi) is 6.62. The van der Waals surface area contributed by atoms with Crippen molar-refractivity contribution in [3.05, 3.63) is 29.6 Å². The molecule has 0 aliphatic heterocycles. The third-order valence-electron chi connectivity index (χ3n) is 3.29. The quantitative estimate of drug-likeness (QED) is 0.750. The number of likely N-dealkylation sites (N-methyl/N-ethyl adjacent to an activating group) is 1. The largest absolute Gasteiger partial charge is 0.493 e. The maximum atomic E-state index is 13.2. The van der Waals surface area contributed by atoms with Crippen molar-refractivity contribution in [2.75, 3.05) is 19.8 Å². The highest BCUT2D eigenvalue weighted by Gasteiger charge is 2.33. The number of esters is 1. The molecule has 4 nitrogen and oxygen atoms in total. The van der Waals surface area contributed by atoms with Crippen LogP contribution >= 0.6 is 0 Å². The van der Waals surface area contributed by atoms with Crippen LogP contribution in [-0.4, -0.2) is 31.3 Å². The summed E-state index contributed by atoms with van der Waals surface area (Å²) in [6, 6.07) is 4.60.